The summed E-state index contributed by atoms with van der Waals surface area (Å²) >= 11 is 0. The van der Waals surface area contributed by atoms with E-state index in [0.29, 0.717) is 19.5 Å². The van der Waals surface area contributed by atoms with Gasteiger partial charge in [0, 0.05) is 24.7 Å². The molecule has 0 radical (unpaired) electrons. The van der Waals surface area contributed by atoms with E-state index in [4.69, 9.17) is 5.11 Å². The molecule has 2 aliphatic heterocycles. The minimum absolute atomic E-state index is 0.0237. The van der Waals surface area contributed by atoms with Crippen molar-refractivity contribution in [3.63, 3.8) is 0 Å². The first-order valence-electron chi connectivity index (χ1n) is 5.89. The van der Waals surface area contributed by atoms with Crippen molar-refractivity contribution in [2.75, 3.05) is 13.1 Å². The van der Waals surface area contributed by atoms with E-state index in [-0.39, 0.29) is 17.7 Å². The number of hydrogen-bond donors (Lipinski definition) is 2. The van der Waals surface area contributed by atoms with Crippen LogP contribution in [0.4, 0.5) is 4.79 Å². The lowest BCUT2D eigenvalue weighted by atomic mass is 9.80. The number of nitrogens with zero attached hydrogens (tertiary/aromatic N) is 2. The van der Waals surface area contributed by atoms with Crippen molar-refractivity contribution >= 4 is 17.7 Å². The van der Waals surface area contributed by atoms with Crippen LogP contribution in [0.5, 0.6) is 0 Å². The predicted molar refractivity (Wildman–Crippen MR) is 61.7 cm³/mol. The highest BCUT2D eigenvalue weighted by Gasteiger charge is 2.34. The van der Waals surface area contributed by atoms with Crippen molar-refractivity contribution in [3.05, 3.63) is 0 Å². The number of carbonyl (C=O) groups is 2. The van der Waals surface area contributed by atoms with E-state index in [0.717, 1.165) is 18.6 Å². The number of rotatable bonds is 1. The van der Waals surface area contributed by atoms with Crippen molar-refractivity contribution in [2.24, 2.45) is 16.9 Å². The van der Waals surface area contributed by atoms with Gasteiger partial charge in [-0.15, -0.1) is 0 Å². The number of amides is 2. The zero-order chi connectivity index (χ0) is 12.4. The van der Waals surface area contributed by atoms with Gasteiger partial charge in [0.1, 0.15) is 0 Å². The van der Waals surface area contributed by atoms with Crippen molar-refractivity contribution < 1.29 is 14.7 Å². The zero-order valence-corrected chi connectivity index (χ0v) is 9.85. The molecule has 0 aromatic rings. The number of likely N-dealkylation sites (tertiary alicyclic amines) is 1. The standard InChI is InChI=1S/C11H17N3O3/c1-7-6-9(10(15)13-12-7)8-2-4-14(5-3-8)11(16)17/h8-9H,2-6H2,1H3,(H,13,15)(H,16,17). The molecule has 1 unspecified atom stereocenters. The Morgan fingerprint density at radius 2 is 2.12 bits per heavy atom. The Morgan fingerprint density at radius 1 is 1.47 bits per heavy atom. The van der Waals surface area contributed by atoms with Crippen LogP contribution in [0.2, 0.25) is 0 Å². The van der Waals surface area contributed by atoms with Crippen LogP contribution in [0, 0.1) is 11.8 Å². The van der Waals surface area contributed by atoms with Crippen LogP contribution in [0.3, 0.4) is 0 Å². The Kier molecular flexibility index (Phi) is 3.31. The number of hydrazone groups is 1. The van der Waals surface area contributed by atoms with Crippen molar-refractivity contribution in [1.82, 2.24) is 10.3 Å². The van der Waals surface area contributed by atoms with E-state index in [9.17, 15) is 9.59 Å². The van der Waals surface area contributed by atoms with Gasteiger partial charge >= 0.3 is 6.09 Å². The molecule has 94 valence electrons. The van der Waals surface area contributed by atoms with Gasteiger partial charge in [0.15, 0.2) is 0 Å². The summed E-state index contributed by atoms with van der Waals surface area (Å²) in [4.78, 5) is 23.9. The molecule has 0 aromatic heterocycles. The van der Waals surface area contributed by atoms with E-state index >= 15 is 0 Å². The molecule has 2 rings (SSSR count). The zero-order valence-electron chi connectivity index (χ0n) is 9.85. The quantitative estimate of drug-likeness (QED) is 0.713. The van der Waals surface area contributed by atoms with Crippen molar-refractivity contribution in [3.8, 4) is 0 Å². The summed E-state index contributed by atoms with van der Waals surface area (Å²) in [6.45, 7) is 2.96. The molecule has 6 heteroatoms. The predicted octanol–water partition coefficient (Wildman–Crippen LogP) is 0.888. The topological polar surface area (TPSA) is 82.0 Å². The lowest BCUT2D eigenvalue weighted by Gasteiger charge is -2.35. The minimum atomic E-state index is -0.866. The van der Waals surface area contributed by atoms with Gasteiger partial charge in [-0.25, -0.2) is 10.2 Å². The van der Waals surface area contributed by atoms with Crippen LogP contribution in [-0.4, -0.2) is 40.8 Å². The number of hydrogen-bond acceptors (Lipinski definition) is 3. The molecular formula is C11H17N3O3. The molecule has 1 fully saturated rings. The van der Waals surface area contributed by atoms with Crippen LogP contribution in [0.1, 0.15) is 26.2 Å². The summed E-state index contributed by atoms with van der Waals surface area (Å²) < 4.78 is 0. The molecule has 0 aromatic carbocycles. The van der Waals surface area contributed by atoms with Crippen molar-refractivity contribution in [2.45, 2.75) is 26.2 Å². The summed E-state index contributed by atoms with van der Waals surface area (Å²) in [5, 5.41) is 12.8. The van der Waals surface area contributed by atoms with E-state index in [1.807, 2.05) is 6.92 Å². The summed E-state index contributed by atoms with van der Waals surface area (Å²) in [6.07, 6.45) is 1.35. The molecule has 0 bridgehead atoms. The van der Waals surface area contributed by atoms with Gasteiger partial charge in [-0.1, -0.05) is 0 Å². The first-order chi connectivity index (χ1) is 8.08. The Balaban J connectivity index is 1.94. The Hall–Kier alpha value is -1.59. The normalized spacial score (nSPS) is 26.4. The summed E-state index contributed by atoms with van der Waals surface area (Å²) in [5.41, 5.74) is 3.47. The summed E-state index contributed by atoms with van der Waals surface area (Å²) in [7, 11) is 0. The number of piperidine rings is 1. The maximum Gasteiger partial charge on any atom is 0.407 e. The Labute approximate surface area is 99.7 Å². The molecule has 2 aliphatic rings. The van der Waals surface area contributed by atoms with Crippen molar-refractivity contribution in [1.29, 1.82) is 0 Å². The van der Waals surface area contributed by atoms with Crippen LogP contribution < -0.4 is 5.43 Å². The lowest BCUT2D eigenvalue weighted by Crippen LogP contribution is -2.44. The second-order valence-corrected chi connectivity index (χ2v) is 4.74. The molecule has 1 atom stereocenters. The van der Waals surface area contributed by atoms with Gasteiger partial charge in [0.25, 0.3) is 0 Å². The number of nitrogens with one attached hydrogen (secondary N) is 1. The fourth-order valence-corrected chi connectivity index (χ4v) is 2.56. The van der Waals surface area contributed by atoms with Gasteiger partial charge in [0.2, 0.25) is 5.91 Å². The molecule has 0 aliphatic carbocycles. The SMILES string of the molecule is CC1=NNC(=O)C(C2CCN(C(=O)O)CC2)C1. The summed E-state index contributed by atoms with van der Waals surface area (Å²) in [5.74, 6) is 0.212. The van der Waals surface area contributed by atoms with Gasteiger partial charge in [-0.3, -0.25) is 4.79 Å². The van der Waals surface area contributed by atoms with Crippen LogP contribution in [0.25, 0.3) is 0 Å². The Morgan fingerprint density at radius 3 is 2.71 bits per heavy atom. The molecule has 6 nitrogen and oxygen atoms in total. The molecule has 17 heavy (non-hydrogen) atoms. The third-order valence-electron chi connectivity index (χ3n) is 3.59. The maximum absolute atomic E-state index is 11.7. The van der Waals surface area contributed by atoms with Gasteiger partial charge in [-0.2, -0.15) is 5.10 Å². The van der Waals surface area contributed by atoms with E-state index < -0.39 is 6.09 Å². The fourth-order valence-electron chi connectivity index (χ4n) is 2.56. The molecule has 0 saturated carbocycles. The van der Waals surface area contributed by atoms with Gasteiger partial charge in [0.05, 0.1) is 0 Å². The van der Waals surface area contributed by atoms with E-state index in [1.54, 1.807) is 0 Å². The Bertz CT molecular complexity index is 359. The highest BCUT2D eigenvalue weighted by Crippen LogP contribution is 2.29. The highest BCUT2D eigenvalue weighted by atomic mass is 16.4. The van der Waals surface area contributed by atoms with Crippen LogP contribution in [-0.2, 0) is 4.79 Å². The lowest BCUT2D eigenvalue weighted by molar-refractivity contribution is -0.127. The number of carboxylic acid groups (broad SMARTS) is 1. The molecule has 2 N–H and O–H groups in total. The average Bonchev–Trinajstić information content (AvgIpc) is 2.32. The summed E-state index contributed by atoms with van der Waals surface area (Å²) in [6, 6.07) is 0. The second-order valence-electron chi connectivity index (χ2n) is 4.74. The maximum atomic E-state index is 11.7. The smallest absolute Gasteiger partial charge is 0.407 e. The molecule has 1 saturated heterocycles. The second kappa shape index (κ2) is 4.73. The van der Waals surface area contributed by atoms with E-state index in [1.165, 1.54) is 4.90 Å². The van der Waals surface area contributed by atoms with Crippen LogP contribution in [0.15, 0.2) is 5.10 Å². The monoisotopic (exact) mass is 239 g/mol. The third kappa shape index (κ3) is 2.57. The minimum Gasteiger partial charge on any atom is -0.465 e. The number of carbonyl (C=O) groups excluding carboxylic acids is 1. The molecule has 2 heterocycles. The van der Waals surface area contributed by atoms with E-state index in [2.05, 4.69) is 10.5 Å². The van der Waals surface area contributed by atoms with Gasteiger partial charge in [-0.05, 0) is 32.1 Å². The fraction of sp³-hybridized carbons (Fsp3) is 0.727. The average molecular weight is 239 g/mol. The third-order valence-corrected chi connectivity index (χ3v) is 3.59. The molecular weight excluding hydrogens is 222 g/mol. The molecule has 0 spiro atoms. The highest BCUT2D eigenvalue weighted by molar-refractivity contribution is 5.92. The first-order valence-corrected chi connectivity index (χ1v) is 5.89. The molecule has 2 amide bonds. The first kappa shape index (κ1) is 11.9. The largest absolute Gasteiger partial charge is 0.465 e. The van der Waals surface area contributed by atoms with Crippen LogP contribution >= 0.6 is 0 Å². The van der Waals surface area contributed by atoms with Gasteiger partial charge < -0.3 is 10.0 Å².